The molecule has 0 spiro atoms. The Labute approximate surface area is 127 Å². The molecule has 0 aliphatic heterocycles. The SMILES string of the molecule is Cc1cn(-c2ccccc2)c(Nc2cc(Cl)ccc2F)n1. The molecule has 0 aliphatic rings. The van der Waals surface area contributed by atoms with Gasteiger partial charge in [0.05, 0.1) is 11.4 Å². The molecule has 106 valence electrons. The highest BCUT2D eigenvalue weighted by Gasteiger charge is 2.10. The van der Waals surface area contributed by atoms with Gasteiger partial charge >= 0.3 is 0 Å². The number of para-hydroxylation sites is 1. The maximum atomic E-state index is 13.8. The molecular formula is C16H13ClFN3. The summed E-state index contributed by atoms with van der Waals surface area (Å²) >= 11 is 5.91. The van der Waals surface area contributed by atoms with Gasteiger partial charge in [0.2, 0.25) is 5.95 Å². The van der Waals surface area contributed by atoms with Crippen LogP contribution in [0.4, 0.5) is 16.0 Å². The molecule has 5 heteroatoms. The predicted molar refractivity (Wildman–Crippen MR) is 83.0 cm³/mol. The predicted octanol–water partition coefficient (Wildman–Crippen LogP) is 4.72. The number of nitrogens with zero attached hydrogens (tertiary/aromatic N) is 2. The first-order chi connectivity index (χ1) is 10.1. The zero-order valence-electron chi connectivity index (χ0n) is 11.3. The van der Waals surface area contributed by atoms with Crippen LogP contribution in [0.3, 0.4) is 0 Å². The maximum absolute atomic E-state index is 13.8. The molecule has 2 aromatic carbocycles. The number of anilines is 2. The lowest BCUT2D eigenvalue weighted by Crippen LogP contribution is -2.02. The van der Waals surface area contributed by atoms with Gasteiger partial charge in [-0.05, 0) is 37.3 Å². The number of rotatable bonds is 3. The van der Waals surface area contributed by atoms with Gasteiger partial charge in [-0.2, -0.15) is 0 Å². The summed E-state index contributed by atoms with van der Waals surface area (Å²) in [7, 11) is 0. The lowest BCUT2D eigenvalue weighted by Gasteiger charge is -2.10. The molecule has 0 aliphatic carbocycles. The van der Waals surface area contributed by atoms with Gasteiger partial charge in [0, 0.05) is 16.9 Å². The normalized spacial score (nSPS) is 10.6. The highest BCUT2D eigenvalue weighted by Crippen LogP contribution is 2.25. The van der Waals surface area contributed by atoms with Crippen LogP contribution in [0.15, 0.2) is 54.7 Å². The second-order valence-electron chi connectivity index (χ2n) is 4.66. The van der Waals surface area contributed by atoms with Crippen molar-refractivity contribution in [1.82, 2.24) is 9.55 Å². The summed E-state index contributed by atoms with van der Waals surface area (Å²) in [6.45, 7) is 1.89. The van der Waals surface area contributed by atoms with E-state index >= 15 is 0 Å². The summed E-state index contributed by atoms with van der Waals surface area (Å²) < 4.78 is 15.7. The second kappa shape index (κ2) is 5.58. The Morgan fingerprint density at radius 1 is 1.14 bits per heavy atom. The minimum Gasteiger partial charge on any atom is -0.323 e. The molecule has 1 N–H and O–H groups in total. The molecule has 0 radical (unpaired) electrons. The van der Waals surface area contributed by atoms with Gasteiger partial charge in [0.15, 0.2) is 0 Å². The van der Waals surface area contributed by atoms with Crippen molar-refractivity contribution < 1.29 is 4.39 Å². The van der Waals surface area contributed by atoms with Crippen LogP contribution in [0.5, 0.6) is 0 Å². The number of hydrogen-bond donors (Lipinski definition) is 1. The van der Waals surface area contributed by atoms with Crippen molar-refractivity contribution in [2.75, 3.05) is 5.32 Å². The number of imidazole rings is 1. The van der Waals surface area contributed by atoms with E-state index in [0.717, 1.165) is 11.4 Å². The molecule has 0 bridgehead atoms. The van der Waals surface area contributed by atoms with Gasteiger partial charge in [-0.25, -0.2) is 9.37 Å². The zero-order chi connectivity index (χ0) is 14.8. The molecule has 3 aromatic rings. The Kier molecular flexibility index (Phi) is 3.62. The van der Waals surface area contributed by atoms with Gasteiger partial charge in [-0.1, -0.05) is 29.8 Å². The van der Waals surface area contributed by atoms with Crippen molar-refractivity contribution in [1.29, 1.82) is 0 Å². The lowest BCUT2D eigenvalue weighted by atomic mass is 10.3. The third-order valence-electron chi connectivity index (χ3n) is 3.04. The maximum Gasteiger partial charge on any atom is 0.212 e. The Morgan fingerprint density at radius 3 is 2.67 bits per heavy atom. The fourth-order valence-corrected chi connectivity index (χ4v) is 2.26. The Hall–Kier alpha value is -2.33. The summed E-state index contributed by atoms with van der Waals surface area (Å²) in [5.41, 5.74) is 2.08. The lowest BCUT2D eigenvalue weighted by molar-refractivity contribution is 0.631. The molecule has 0 saturated carbocycles. The number of benzene rings is 2. The van der Waals surface area contributed by atoms with Gasteiger partial charge in [0.25, 0.3) is 0 Å². The molecule has 0 saturated heterocycles. The largest absolute Gasteiger partial charge is 0.323 e. The van der Waals surface area contributed by atoms with Crippen molar-refractivity contribution in [2.24, 2.45) is 0 Å². The monoisotopic (exact) mass is 301 g/mol. The number of hydrogen-bond acceptors (Lipinski definition) is 2. The average molecular weight is 302 g/mol. The molecular weight excluding hydrogens is 289 g/mol. The van der Waals surface area contributed by atoms with Crippen LogP contribution in [0.25, 0.3) is 5.69 Å². The number of halogens is 2. The third kappa shape index (κ3) is 2.90. The summed E-state index contributed by atoms with van der Waals surface area (Å²) in [4.78, 5) is 4.40. The van der Waals surface area contributed by atoms with Crippen LogP contribution >= 0.6 is 11.6 Å². The summed E-state index contributed by atoms with van der Waals surface area (Å²) in [6, 6.07) is 14.1. The van der Waals surface area contributed by atoms with Crippen LogP contribution < -0.4 is 5.32 Å². The molecule has 0 amide bonds. The fraction of sp³-hybridized carbons (Fsp3) is 0.0625. The van der Waals surface area contributed by atoms with Crippen molar-refractivity contribution in [3.05, 3.63) is 71.3 Å². The van der Waals surface area contributed by atoms with Crippen molar-refractivity contribution in [2.45, 2.75) is 6.92 Å². The molecule has 1 aromatic heterocycles. The van der Waals surface area contributed by atoms with E-state index in [1.54, 1.807) is 0 Å². The Morgan fingerprint density at radius 2 is 1.90 bits per heavy atom. The van der Waals surface area contributed by atoms with Crippen molar-refractivity contribution in [3.8, 4) is 5.69 Å². The molecule has 0 fully saturated rings. The highest BCUT2D eigenvalue weighted by molar-refractivity contribution is 6.30. The first-order valence-corrected chi connectivity index (χ1v) is 6.85. The van der Waals surface area contributed by atoms with Crippen LogP contribution in [-0.4, -0.2) is 9.55 Å². The van der Waals surface area contributed by atoms with E-state index in [0.29, 0.717) is 16.7 Å². The first-order valence-electron chi connectivity index (χ1n) is 6.47. The first kappa shape index (κ1) is 13.6. The molecule has 3 nitrogen and oxygen atoms in total. The van der Waals surface area contributed by atoms with E-state index in [1.165, 1.54) is 18.2 Å². The Bertz CT molecular complexity index is 768. The quantitative estimate of drug-likeness (QED) is 0.759. The van der Waals surface area contributed by atoms with E-state index in [1.807, 2.05) is 48.0 Å². The van der Waals surface area contributed by atoms with E-state index in [-0.39, 0.29) is 5.82 Å². The molecule has 0 atom stereocenters. The number of aromatic nitrogens is 2. The van der Waals surface area contributed by atoms with Crippen molar-refractivity contribution >= 4 is 23.2 Å². The fourth-order valence-electron chi connectivity index (χ4n) is 2.09. The van der Waals surface area contributed by atoms with Crippen LogP contribution in [0.1, 0.15) is 5.69 Å². The standard InChI is InChI=1S/C16H13ClFN3/c1-11-10-21(13-5-3-2-4-6-13)16(19-11)20-15-9-12(17)7-8-14(15)18/h2-10H,1H3,(H,19,20). The summed E-state index contributed by atoms with van der Waals surface area (Å²) in [5.74, 6) is 0.166. The third-order valence-corrected chi connectivity index (χ3v) is 3.27. The van der Waals surface area contributed by atoms with Crippen LogP contribution in [-0.2, 0) is 0 Å². The van der Waals surface area contributed by atoms with Crippen LogP contribution in [0, 0.1) is 12.7 Å². The smallest absolute Gasteiger partial charge is 0.212 e. The van der Waals surface area contributed by atoms with E-state index in [9.17, 15) is 4.39 Å². The van der Waals surface area contributed by atoms with Gasteiger partial charge in [-0.15, -0.1) is 0 Å². The zero-order valence-corrected chi connectivity index (χ0v) is 12.1. The summed E-state index contributed by atoms with van der Waals surface area (Å²) in [6.07, 6.45) is 1.89. The minimum atomic E-state index is -0.375. The topological polar surface area (TPSA) is 29.9 Å². The van der Waals surface area contributed by atoms with Gasteiger partial charge in [-0.3, -0.25) is 4.57 Å². The molecule has 1 heterocycles. The molecule has 21 heavy (non-hydrogen) atoms. The van der Waals surface area contributed by atoms with Crippen LogP contribution in [0.2, 0.25) is 5.02 Å². The minimum absolute atomic E-state index is 0.297. The summed E-state index contributed by atoms with van der Waals surface area (Å²) in [5, 5.41) is 3.46. The Balaban J connectivity index is 2.02. The number of nitrogens with one attached hydrogen (secondary N) is 1. The number of aryl methyl sites for hydroxylation is 1. The van der Waals surface area contributed by atoms with E-state index in [4.69, 9.17) is 11.6 Å². The average Bonchev–Trinajstić information content (AvgIpc) is 2.85. The second-order valence-corrected chi connectivity index (χ2v) is 5.10. The van der Waals surface area contributed by atoms with Gasteiger partial charge < -0.3 is 5.32 Å². The van der Waals surface area contributed by atoms with E-state index < -0.39 is 0 Å². The van der Waals surface area contributed by atoms with Gasteiger partial charge in [0.1, 0.15) is 5.82 Å². The molecule has 0 unspecified atom stereocenters. The molecule has 3 rings (SSSR count). The highest BCUT2D eigenvalue weighted by atomic mass is 35.5. The van der Waals surface area contributed by atoms with Crippen molar-refractivity contribution in [3.63, 3.8) is 0 Å². The van der Waals surface area contributed by atoms with E-state index in [2.05, 4.69) is 10.3 Å².